The van der Waals surface area contributed by atoms with E-state index in [2.05, 4.69) is 10.3 Å². The van der Waals surface area contributed by atoms with Gasteiger partial charge in [0.05, 0.1) is 30.7 Å². The normalized spacial score (nSPS) is 12.1. The number of aliphatic carboxylic acids is 1. The predicted molar refractivity (Wildman–Crippen MR) is 61.3 cm³/mol. The minimum absolute atomic E-state index is 0.144. The van der Waals surface area contributed by atoms with Gasteiger partial charge >= 0.3 is 5.97 Å². The zero-order valence-corrected chi connectivity index (χ0v) is 10.0. The summed E-state index contributed by atoms with van der Waals surface area (Å²) in [4.78, 5) is 25.8. The van der Waals surface area contributed by atoms with Crippen LogP contribution in [0.3, 0.4) is 0 Å². The molecule has 94 valence electrons. The van der Waals surface area contributed by atoms with Gasteiger partial charge < -0.3 is 15.0 Å². The number of rotatable bonds is 6. The molecule has 0 saturated heterocycles. The third kappa shape index (κ3) is 3.90. The Hall–Kier alpha value is -1.85. The summed E-state index contributed by atoms with van der Waals surface area (Å²) in [6.07, 6.45) is 4.02. The molecule has 0 bridgehead atoms. The van der Waals surface area contributed by atoms with Crippen molar-refractivity contribution in [3.8, 4) is 0 Å². The Morgan fingerprint density at radius 2 is 2.29 bits per heavy atom. The van der Waals surface area contributed by atoms with Crippen molar-refractivity contribution in [2.75, 3.05) is 0 Å². The molecule has 0 unspecified atom stereocenters. The summed E-state index contributed by atoms with van der Waals surface area (Å²) in [5, 5.41) is 11.5. The highest BCUT2D eigenvalue weighted by Crippen LogP contribution is 2.17. The van der Waals surface area contributed by atoms with Crippen LogP contribution in [0.2, 0.25) is 0 Å². The minimum Gasteiger partial charge on any atom is -0.481 e. The molecule has 0 aliphatic carbocycles. The van der Waals surface area contributed by atoms with E-state index in [9.17, 15) is 9.59 Å². The molecule has 0 radical (unpaired) electrons. The van der Waals surface area contributed by atoms with E-state index < -0.39 is 12.0 Å². The zero-order chi connectivity index (χ0) is 12.8. The molecule has 1 aromatic rings. The monoisotopic (exact) mass is 239 g/mol. The van der Waals surface area contributed by atoms with E-state index in [0.717, 1.165) is 18.7 Å². The number of carbonyl (C=O) groups is 2. The van der Waals surface area contributed by atoms with E-state index in [-0.39, 0.29) is 12.3 Å². The highest BCUT2D eigenvalue weighted by Gasteiger charge is 2.19. The van der Waals surface area contributed by atoms with Crippen molar-refractivity contribution in [2.45, 2.75) is 39.3 Å². The summed E-state index contributed by atoms with van der Waals surface area (Å²) in [5.41, 5.74) is 0.726. The highest BCUT2D eigenvalue weighted by atomic mass is 16.4. The lowest BCUT2D eigenvalue weighted by Gasteiger charge is -2.17. The van der Waals surface area contributed by atoms with Crippen LogP contribution in [0, 0.1) is 0 Å². The van der Waals surface area contributed by atoms with Crippen LogP contribution in [0.15, 0.2) is 12.5 Å². The van der Waals surface area contributed by atoms with Crippen molar-refractivity contribution >= 4 is 11.9 Å². The van der Waals surface area contributed by atoms with Gasteiger partial charge in [-0.3, -0.25) is 9.59 Å². The quantitative estimate of drug-likeness (QED) is 0.774. The predicted octanol–water partition coefficient (Wildman–Crippen LogP) is 0.945. The van der Waals surface area contributed by atoms with Gasteiger partial charge in [0.2, 0.25) is 5.91 Å². The third-order valence-electron chi connectivity index (χ3n) is 2.32. The van der Waals surface area contributed by atoms with Crippen molar-refractivity contribution in [1.29, 1.82) is 0 Å². The van der Waals surface area contributed by atoms with Gasteiger partial charge in [-0.1, -0.05) is 6.92 Å². The lowest BCUT2D eigenvalue weighted by molar-refractivity contribution is -0.137. The first-order valence-corrected chi connectivity index (χ1v) is 5.53. The first kappa shape index (κ1) is 13.2. The Labute approximate surface area is 99.7 Å². The number of carbonyl (C=O) groups excluding carboxylic acids is 1. The minimum atomic E-state index is -0.951. The fraction of sp³-hybridized carbons (Fsp3) is 0.545. The Kier molecular flexibility index (Phi) is 4.68. The van der Waals surface area contributed by atoms with Crippen molar-refractivity contribution in [2.24, 2.45) is 0 Å². The smallest absolute Gasteiger partial charge is 0.305 e. The molecular weight excluding hydrogens is 222 g/mol. The highest BCUT2D eigenvalue weighted by molar-refractivity contribution is 5.75. The van der Waals surface area contributed by atoms with Crippen molar-refractivity contribution in [1.82, 2.24) is 14.9 Å². The Morgan fingerprint density at radius 1 is 1.59 bits per heavy atom. The Balaban J connectivity index is 2.90. The van der Waals surface area contributed by atoms with E-state index in [1.165, 1.54) is 6.92 Å². The van der Waals surface area contributed by atoms with Crippen LogP contribution in [-0.2, 0) is 16.1 Å². The second-order valence-corrected chi connectivity index (χ2v) is 3.86. The molecule has 0 aliphatic rings. The number of carboxylic acid groups (broad SMARTS) is 1. The summed E-state index contributed by atoms with van der Waals surface area (Å²) < 4.78 is 1.86. The van der Waals surface area contributed by atoms with E-state index >= 15 is 0 Å². The van der Waals surface area contributed by atoms with Crippen LogP contribution in [0.25, 0.3) is 0 Å². The zero-order valence-electron chi connectivity index (χ0n) is 10.0. The van der Waals surface area contributed by atoms with Crippen LogP contribution in [0.4, 0.5) is 0 Å². The Morgan fingerprint density at radius 3 is 2.82 bits per heavy atom. The van der Waals surface area contributed by atoms with Crippen LogP contribution >= 0.6 is 0 Å². The second kappa shape index (κ2) is 6.03. The molecule has 1 heterocycles. The third-order valence-corrected chi connectivity index (χ3v) is 2.32. The lowest BCUT2D eigenvalue weighted by Crippen LogP contribution is -2.29. The van der Waals surface area contributed by atoms with Crippen LogP contribution in [0.1, 0.15) is 38.4 Å². The van der Waals surface area contributed by atoms with Crippen LogP contribution in [0.5, 0.6) is 0 Å². The largest absolute Gasteiger partial charge is 0.481 e. The summed E-state index contributed by atoms with van der Waals surface area (Å²) in [7, 11) is 0. The molecule has 2 N–H and O–H groups in total. The summed E-state index contributed by atoms with van der Waals surface area (Å²) in [6, 6.07) is -0.529. The first-order chi connectivity index (χ1) is 8.04. The standard InChI is InChI=1S/C11H17N3O3/c1-3-4-14-7-12-6-10(14)9(5-11(16)17)13-8(2)15/h6-7,9H,3-5H2,1-2H3,(H,13,15)(H,16,17)/t9-/m1/s1. The van der Waals surface area contributed by atoms with Gasteiger partial charge in [-0.05, 0) is 6.42 Å². The number of aromatic nitrogens is 2. The first-order valence-electron chi connectivity index (χ1n) is 5.53. The molecule has 6 nitrogen and oxygen atoms in total. The molecule has 1 amide bonds. The molecule has 1 aromatic heterocycles. The van der Waals surface area contributed by atoms with Gasteiger partial charge in [0.25, 0.3) is 0 Å². The molecule has 0 spiro atoms. The molecule has 0 saturated carbocycles. The lowest BCUT2D eigenvalue weighted by atomic mass is 10.1. The number of imidazole rings is 1. The molecule has 0 fully saturated rings. The van der Waals surface area contributed by atoms with E-state index in [4.69, 9.17) is 5.11 Å². The van der Waals surface area contributed by atoms with E-state index in [1.54, 1.807) is 12.5 Å². The van der Waals surface area contributed by atoms with Crippen LogP contribution < -0.4 is 5.32 Å². The average molecular weight is 239 g/mol. The van der Waals surface area contributed by atoms with Crippen molar-refractivity contribution < 1.29 is 14.7 Å². The topological polar surface area (TPSA) is 84.2 Å². The maximum absolute atomic E-state index is 11.1. The summed E-state index contributed by atoms with van der Waals surface area (Å²) in [5.74, 6) is -1.20. The van der Waals surface area contributed by atoms with Crippen molar-refractivity contribution in [3.05, 3.63) is 18.2 Å². The maximum atomic E-state index is 11.1. The number of hydrogen-bond acceptors (Lipinski definition) is 3. The number of carboxylic acids is 1. The molecule has 0 aliphatic heterocycles. The number of hydrogen-bond donors (Lipinski definition) is 2. The van der Waals surface area contributed by atoms with Crippen LogP contribution in [-0.4, -0.2) is 26.5 Å². The van der Waals surface area contributed by atoms with Crippen molar-refractivity contribution in [3.63, 3.8) is 0 Å². The van der Waals surface area contributed by atoms with Gasteiger partial charge in [0.15, 0.2) is 0 Å². The van der Waals surface area contributed by atoms with E-state index in [1.807, 2.05) is 11.5 Å². The van der Waals surface area contributed by atoms with Gasteiger partial charge in [-0.25, -0.2) is 4.98 Å². The number of amides is 1. The fourth-order valence-electron chi connectivity index (χ4n) is 1.70. The number of nitrogens with one attached hydrogen (secondary N) is 1. The molecule has 1 rings (SSSR count). The molecule has 6 heteroatoms. The summed E-state index contributed by atoms with van der Waals surface area (Å²) >= 11 is 0. The fourth-order valence-corrected chi connectivity index (χ4v) is 1.70. The SMILES string of the molecule is CCCn1cncc1[C@@H](CC(=O)O)NC(C)=O. The van der Waals surface area contributed by atoms with Gasteiger partial charge in [0, 0.05) is 13.5 Å². The van der Waals surface area contributed by atoms with E-state index in [0.29, 0.717) is 0 Å². The Bertz CT molecular complexity index is 384. The number of nitrogens with zero attached hydrogens (tertiary/aromatic N) is 2. The summed E-state index contributed by atoms with van der Waals surface area (Å²) in [6.45, 7) is 4.15. The number of aryl methyl sites for hydroxylation is 1. The average Bonchev–Trinajstić information content (AvgIpc) is 2.64. The van der Waals surface area contributed by atoms with Gasteiger partial charge in [-0.2, -0.15) is 0 Å². The molecular formula is C11H17N3O3. The second-order valence-electron chi connectivity index (χ2n) is 3.86. The molecule has 0 aromatic carbocycles. The molecule has 1 atom stereocenters. The van der Waals surface area contributed by atoms with Gasteiger partial charge in [0.1, 0.15) is 0 Å². The maximum Gasteiger partial charge on any atom is 0.305 e. The molecule has 17 heavy (non-hydrogen) atoms. The van der Waals surface area contributed by atoms with Gasteiger partial charge in [-0.15, -0.1) is 0 Å².